The Morgan fingerprint density at radius 3 is 1.91 bits per heavy atom. The minimum Gasteiger partial charge on any atom is -0.462 e. The molecule has 1 aromatic heterocycles. The first kappa shape index (κ1) is 41.7. The molecule has 15 heteroatoms. The molecule has 0 amide bonds. The molecule has 0 unspecified atom stereocenters. The SMILES string of the molecule is C=C1[C@H](OC(C)=O)[C@@H](OC(=O)c2ccccc2)[C@@H](OC(=O)c2cccnc2)C(C)(C)[C@H]2O[C@@H]2[C@@H](C)C(=O)[C@@]2(OC(C)=O)C[C@H](C)[C@H](OC(C)=O)[C@@H]2[C@H]1OC(C)=O. The number of benzene rings is 1. The molecule has 1 aromatic carbocycles. The predicted octanol–water partition coefficient (Wildman–Crippen LogP) is 4.15. The van der Waals surface area contributed by atoms with E-state index in [0.717, 1.165) is 27.7 Å². The average molecular weight is 778 g/mol. The maximum Gasteiger partial charge on any atom is 0.340 e. The van der Waals surface area contributed by atoms with E-state index >= 15 is 4.79 Å². The van der Waals surface area contributed by atoms with Gasteiger partial charge in [-0.15, -0.1) is 0 Å². The van der Waals surface area contributed by atoms with Crippen LogP contribution in [0.4, 0.5) is 0 Å². The van der Waals surface area contributed by atoms with E-state index in [-0.39, 0.29) is 23.1 Å². The van der Waals surface area contributed by atoms with Gasteiger partial charge >= 0.3 is 35.8 Å². The number of esters is 6. The van der Waals surface area contributed by atoms with Crippen LogP contribution in [0.3, 0.4) is 0 Å². The van der Waals surface area contributed by atoms with Gasteiger partial charge in [0.2, 0.25) is 0 Å². The van der Waals surface area contributed by atoms with Crippen molar-refractivity contribution in [3.8, 4) is 0 Å². The van der Waals surface area contributed by atoms with Gasteiger partial charge in [0.1, 0.15) is 12.2 Å². The number of pyridine rings is 1. The second-order valence-corrected chi connectivity index (χ2v) is 15.2. The Morgan fingerprint density at radius 2 is 1.34 bits per heavy atom. The Labute approximate surface area is 324 Å². The van der Waals surface area contributed by atoms with Gasteiger partial charge in [-0.1, -0.05) is 52.5 Å². The van der Waals surface area contributed by atoms with Crippen LogP contribution in [0.1, 0.15) is 82.5 Å². The zero-order chi connectivity index (χ0) is 41.3. The van der Waals surface area contributed by atoms with E-state index in [9.17, 15) is 28.8 Å². The first-order valence-electron chi connectivity index (χ1n) is 18.3. The second-order valence-electron chi connectivity index (χ2n) is 15.2. The molecule has 2 heterocycles. The smallest absolute Gasteiger partial charge is 0.340 e. The van der Waals surface area contributed by atoms with Crippen molar-refractivity contribution in [2.24, 2.45) is 23.2 Å². The highest BCUT2D eigenvalue weighted by molar-refractivity contribution is 5.93. The normalized spacial score (nSPS) is 32.1. The van der Waals surface area contributed by atoms with E-state index in [2.05, 4.69) is 11.6 Å². The van der Waals surface area contributed by atoms with Crippen molar-refractivity contribution in [2.75, 3.05) is 0 Å². The first-order chi connectivity index (χ1) is 26.3. The van der Waals surface area contributed by atoms with Crippen LogP contribution in [0.2, 0.25) is 0 Å². The highest BCUT2D eigenvalue weighted by atomic mass is 16.6. The van der Waals surface area contributed by atoms with Gasteiger partial charge < -0.3 is 33.2 Å². The number of ether oxygens (including phenoxy) is 7. The van der Waals surface area contributed by atoms with Crippen LogP contribution >= 0.6 is 0 Å². The molecule has 11 atom stereocenters. The molecule has 0 spiro atoms. The van der Waals surface area contributed by atoms with Gasteiger partial charge in [0.25, 0.3) is 0 Å². The van der Waals surface area contributed by atoms with Gasteiger partial charge in [-0.3, -0.25) is 29.0 Å². The van der Waals surface area contributed by atoms with E-state index < -0.39 is 113 Å². The average Bonchev–Trinajstić information content (AvgIpc) is 3.91. The monoisotopic (exact) mass is 777 g/mol. The number of fused-ring (bicyclic) bond motifs is 2. The van der Waals surface area contributed by atoms with Crippen LogP contribution in [0.25, 0.3) is 0 Å². The summed E-state index contributed by atoms with van der Waals surface area (Å²) in [5, 5.41) is 0. The van der Waals surface area contributed by atoms with Crippen molar-refractivity contribution in [2.45, 2.75) is 110 Å². The molecule has 300 valence electrons. The fraction of sp³-hybridized carbons (Fsp3) is 0.512. The van der Waals surface area contributed by atoms with Crippen molar-refractivity contribution in [1.82, 2.24) is 4.98 Å². The van der Waals surface area contributed by atoms with Crippen molar-refractivity contribution < 1.29 is 66.7 Å². The van der Waals surface area contributed by atoms with Crippen LogP contribution in [0.5, 0.6) is 0 Å². The van der Waals surface area contributed by atoms with Crippen molar-refractivity contribution in [3.63, 3.8) is 0 Å². The lowest BCUT2D eigenvalue weighted by molar-refractivity contribution is -0.188. The molecule has 2 aromatic rings. The number of Topliss-reactive ketones (excluding diaryl/α,β-unsaturated/α-hetero) is 1. The molecule has 1 saturated heterocycles. The Kier molecular flexibility index (Phi) is 12.2. The van der Waals surface area contributed by atoms with Gasteiger partial charge in [0, 0.05) is 63.4 Å². The number of epoxide rings is 1. The number of hydrogen-bond donors (Lipinski definition) is 0. The number of nitrogens with zero attached hydrogens (tertiary/aromatic N) is 1. The van der Waals surface area contributed by atoms with Gasteiger partial charge in [-0.05, 0) is 30.2 Å². The highest BCUT2D eigenvalue weighted by Crippen LogP contribution is 2.54. The van der Waals surface area contributed by atoms with Gasteiger partial charge in [-0.25, -0.2) is 9.59 Å². The summed E-state index contributed by atoms with van der Waals surface area (Å²) in [6.07, 6.45) is -7.17. The number of carbonyl (C=O) groups is 7. The van der Waals surface area contributed by atoms with Crippen LogP contribution in [0.15, 0.2) is 67.0 Å². The molecular weight excluding hydrogens is 730 g/mol. The van der Waals surface area contributed by atoms with E-state index in [1.807, 2.05) is 0 Å². The van der Waals surface area contributed by atoms with Crippen molar-refractivity contribution in [3.05, 3.63) is 78.1 Å². The minimum absolute atomic E-state index is 0.0374. The second kappa shape index (κ2) is 16.3. The zero-order valence-corrected chi connectivity index (χ0v) is 32.5. The lowest BCUT2D eigenvalue weighted by Crippen LogP contribution is -2.60. The standard InChI is InChI=1S/C41H47NO14/c1-20-18-41(56-26(7)46)29(30(20)50-23(4)43)31(51-24(5)44)21(2)32(52-25(6)45)34(54-38(48)27-14-11-10-12-15-27)37(55-39(49)28-16-13-17-42-19-28)40(8,9)36-33(53-36)22(3)35(41)47/h10-17,19-20,22,29-34,36-37H,2,18H2,1,3-9H3/t20-,22+,29+,30-,31-,32-,33+,34+,36-,37+,41+/m0/s1. The van der Waals surface area contributed by atoms with Crippen LogP contribution in [-0.4, -0.2) is 94.9 Å². The van der Waals surface area contributed by atoms with Crippen molar-refractivity contribution in [1.29, 1.82) is 0 Å². The van der Waals surface area contributed by atoms with Gasteiger partial charge in [0.15, 0.2) is 29.7 Å². The number of hydrogen-bond acceptors (Lipinski definition) is 15. The molecule has 0 radical (unpaired) electrons. The zero-order valence-electron chi connectivity index (χ0n) is 32.5. The Balaban J connectivity index is 1.82. The molecule has 0 bridgehead atoms. The molecule has 5 rings (SSSR count). The lowest BCUT2D eigenvalue weighted by atomic mass is 9.69. The molecule has 56 heavy (non-hydrogen) atoms. The van der Waals surface area contributed by atoms with E-state index in [0.29, 0.717) is 0 Å². The summed E-state index contributed by atoms with van der Waals surface area (Å²) >= 11 is 0. The Bertz CT molecular complexity index is 1880. The maximum absolute atomic E-state index is 15.0. The number of ketones is 1. The summed E-state index contributed by atoms with van der Waals surface area (Å²) in [7, 11) is 0. The number of rotatable bonds is 8. The summed E-state index contributed by atoms with van der Waals surface area (Å²) in [5.41, 5.74) is -3.58. The quantitative estimate of drug-likeness (QED) is 0.160. The third kappa shape index (κ3) is 8.37. The van der Waals surface area contributed by atoms with Crippen LogP contribution in [-0.2, 0) is 57.1 Å². The first-order valence-corrected chi connectivity index (χ1v) is 18.3. The molecule has 1 aliphatic heterocycles. The third-order valence-electron chi connectivity index (χ3n) is 10.6. The molecule has 3 fully saturated rings. The minimum atomic E-state index is -2.10. The fourth-order valence-electron chi connectivity index (χ4n) is 8.24. The molecule has 2 aliphatic carbocycles. The van der Waals surface area contributed by atoms with Crippen molar-refractivity contribution >= 4 is 41.6 Å². The van der Waals surface area contributed by atoms with Gasteiger partial charge in [0.05, 0.1) is 29.3 Å². The topological polar surface area (TPSA) is 200 Å². The fourth-order valence-corrected chi connectivity index (χ4v) is 8.24. The predicted molar refractivity (Wildman–Crippen MR) is 193 cm³/mol. The Hall–Kier alpha value is -5.44. The number of aromatic nitrogens is 1. The van der Waals surface area contributed by atoms with Crippen LogP contribution < -0.4 is 0 Å². The maximum atomic E-state index is 15.0. The molecule has 2 saturated carbocycles. The van der Waals surface area contributed by atoms with E-state index in [1.165, 1.54) is 36.7 Å². The highest BCUT2D eigenvalue weighted by Gasteiger charge is 2.69. The molecular formula is C41H47NO14. The van der Waals surface area contributed by atoms with Gasteiger partial charge in [-0.2, -0.15) is 0 Å². The molecule has 3 aliphatic rings. The Morgan fingerprint density at radius 1 is 0.750 bits per heavy atom. The summed E-state index contributed by atoms with van der Waals surface area (Å²) in [6, 6.07) is 10.9. The van der Waals surface area contributed by atoms with Crippen LogP contribution in [0, 0.1) is 23.2 Å². The summed E-state index contributed by atoms with van der Waals surface area (Å²) in [6.45, 7) is 15.2. The lowest BCUT2D eigenvalue weighted by Gasteiger charge is -2.45. The molecule has 0 N–H and O–H groups in total. The summed E-state index contributed by atoms with van der Waals surface area (Å²) in [4.78, 5) is 98.8. The largest absolute Gasteiger partial charge is 0.462 e. The number of carbonyl (C=O) groups excluding carboxylic acids is 7. The van der Waals surface area contributed by atoms with E-state index in [4.69, 9.17) is 33.2 Å². The summed E-state index contributed by atoms with van der Waals surface area (Å²) < 4.78 is 42.4. The molecule has 15 nitrogen and oxygen atoms in total. The van der Waals surface area contributed by atoms with E-state index in [1.54, 1.807) is 45.9 Å². The summed E-state index contributed by atoms with van der Waals surface area (Å²) in [5.74, 6) is -8.98. The third-order valence-corrected chi connectivity index (χ3v) is 10.6.